The second kappa shape index (κ2) is 9.96. The molecule has 4 N–H and O–H groups in total. The minimum absolute atomic E-state index is 0.00458. The number of aromatic nitrogens is 5. The molecule has 1 fully saturated rings. The lowest BCUT2D eigenvalue weighted by Crippen LogP contribution is -2.41. The van der Waals surface area contributed by atoms with Gasteiger partial charge in [0.1, 0.15) is 12.2 Å². The molecule has 4 atom stereocenters. The minimum atomic E-state index is -4.48. The van der Waals surface area contributed by atoms with Crippen LogP contribution in [0.5, 0.6) is 0 Å². The third-order valence-corrected chi connectivity index (χ3v) is 6.07. The highest BCUT2D eigenvalue weighted by molar-refractivity contribution is 5.85. The van der Waals surface area contributed by atoms with E-state index in [2.05, 4.69) is 30.6 Å². The number of hydrogen-bond acceptors (Lipinski definition) is 9. The number of halogens is 3. The van der Waals surface area contributed by atoms with E-state index in [1.807, 2.05) is 0 Å². The zero-order valence-electron chi connectivity index (χ0n) is 19.8. The van der Waals surface area contributed by atoms with Crippen molar-refractivity contribution in [2.45, 2.75) is 37.3 Å². The topological polar surface area (TPSA) is 147 Å². The summed E-state index contributed by atoms with van der Waals surface area (Å²) in [6, 6.07) is 8.29. The zero-order valence-corrected chi connectivity index (χ0v) is 19.8. The Bertz CT molecular complexity index is 1460. The monoisotopic (exact) mass is 529 g/mol. The van der Waals surface area contributed by atoms with E-state index in [0.29, 0.717) is 11.1 Å². The van der Waals surface area contributed by atoms with Crippen LogP contribution in [0.4, 0.5) is 19.0 Å². The third kappa shape index (κ3) is 4.76. The van der Waals surface area contributed by atoms with Crippen LogP contribution in [0, 0.1) is 0 Å². The van der Waals surface area contributed by atoms with Gasteiger partial charge in [-0.15, -0.1) is 0 Å². The van der Waals surface area contributed by atoms with Crippen LogP contribution in [0.2, 0.25) is 0 Å². The van der Waals surface area contributed by atoms with Gasteiger partial charge in [0.05, 0.1) is 11.9 Å². The van der Waals surface area contributed by atoms with Gasteiger partial charge in [-0.1, -0.05) is 12.1 Å². The molecule has 1 aliphatic rings. The van der Waals surface area contributed by atoms with Crippen molar-refractivity contribution in [1.82, 2.24) is 29.8 Å². The smallest absolute Gasteiger partial charge is 0.387 e. The fourth-order valence-electron chi connectivity index (χ4n) is 4.14. The first-order valence-corrected chi connectivity index (χ1v) is 11.5. The van der Waals surface area contributed by atoms with Gasteiger partial charge in [-0.05, 0) is 29.8 Å². The Kier molecular flexibility index (Phi) is 6.69. The van der Waals surface area contributed by atoms with Crippen molar-refractivity contribution >= 4 is 22.9 Å². The molecule has 38 heavy (non-hydrogen) atoms. The van der Waals surface area contributed by atoms with E-state index in [0.717, 1.165) is 12.1 Å². The number of aliphatic hydroxyl groups is 2. The summed E-state index contributed by atoms with van der Waals surface area (Å²) < 4.78 is 46.5. The van der Waals surface area contributed by atoms with Gasteiger partial charge in [0.25, 0.3) is 5.91 Å². The number of alkyl halides is 3. The lowest BCUT2D eigenvalue weighted by atomic mass is 10.1. The molecule has 0 radical (unpaired) electrons. The number of amides is 1. The summed E-state index contributed by atoms with van der Waals surface area (Å²) in [6.45, 7) is -0.00458. The molecule has 0 spiro atoms. The summed E-state index contributed by atoms with van der Waals surface area (Å²) in [5, 5.41) is 26.4. The Balaban J connectivity index is 1.54. The normalized spacial score (nSPS) is 21.5. The van der Waals surface area contributed by atoms with E-state index in [1.165, 1.54) is 30.2 Å². The summed E-state index contributed by atoms with van der Waals surface area (Å²) in [5.74, 6) is -0.187. The van der Waals surface area contributed by atoms with Crippen LogP contribution in [0.3, 0.4) is 0 Å². The predicted molar refractivity (Wildman–Crippen MR) is 127 cm³/mol. The fourth-order valence-corrected chi connectivity index (χ4v) is 4.14. The van der Waals surface area contributed by atoms with Crippen LogP contribution in [-0.4, -0.2) is 66.0 Å². The highest BCUT2D eigenvalue weighted by atomic mass is 19.4. The van der Waals surface area contributed by atoms with Gasteiger partial charge in [0.2, 0.25) is 0 Å². The maximum atomic E-state index is 13.2. The zero-order chi connectivity index (χ0) is 27.0. The number of benzene rings is 1. The Hall–Kier alpha value is -4.14. The third-order valence-electron chi connectivity index (χ3n) is 6.07. The molecule has 1 saturated heterocycles. The molecule has 0 bridgehead atoms. The number of ether oxygens (including phenoxy) is 1. The van der Waals surface area contributed by atoms with Crippen molar-refractivity contribution in [3.8, 4) is 11.4 Å². The molecule has 4 heterocycles. The molecule has 0 aliphatic carbocycles. The number of hydrogen-bond donors (Lipinski definition) is 4. The van der Waals surface area contributed by atoms with E-state index in [-0.39, 0.29) is 29.4 Å². The van der Waals surface area contributed by atoms with Gasteiger partial charge in [0, 0.05) is 31.5 Å². The largest absolute Gasteiger partial charge is 0.416 e. The van der Waals surface area contributed by atoms with Crippen LogP contribution >= 0.6 is 0 Å². The molecule has 11 nitrogen and oxygen atoms in total. The number of carbonyl (C=O) groups excluding carboxylic acids is 1. The maximum Gasteiger partial charge on any atom is 0.416 e. The highest BCUT2D eigenvalue weighted by Crippen LogP contribution is 2.34. The van der Waals surface area contributed by atoms with E-state index >= 15 is 0 Å². The SMILES string of the molecule is CNC(=O)[C@H]1O[C@@H](n2cnc3c(NCc4cccc(C(F)(F)F)c4)nc(-c4cccnc4)nc32)[C@H](O)[C@@H]1O. The first-order chi connectivity index (χ1) is 18.2. The molecule has 1 amide bonds. The molecule has 14 heteroatoms. The van der Waals surface area contributed by atoms with Crippen molar-refractivity contribution in [3.05, 3.63) is 66.2 Å². The quantitative estimate of drug-likeness (QED) is 0.294. The van der Waals surface area contributed by atoms with Gasteiger partial charge in [-0.25, -0.2) is 15.0 Å². The number of nitrogens with zero attached hydrogens (tertiary/aromatic N) is 5. The number of aliphatic hydroxyl groups excluding tert-OH is 2. The number of rotatable bonds is 6. The fraction of sp³-hybridized carbons (Fsp3) is 0.292. The lowest BCUT2D eigenvalue weighted by molar-refractivity contribution is -0.138. The molecule has 198 valence electrons. The number of nitrogens with one attached hydrogen (secondary N) is 2. The number of anilines is 1. The summed E-state index contributed by atoms with van der Waals surface area (Å²) in [6.07, 6.45) is -5.57. The van der Waals surface area contributed by atoms with E-state index in [4.69, 9.17) is 4.74 Å². The van der Waals surface area contributed by atoms with Crippen LogP contribution in [0.1, 0.15) is 17.4 Å². The first kappa shape index (κ1) is 25.5. The molecule has 1 aromatic carbocycles. The molecule has 0 unspecified atom stereocenters. The van der Waals surface area contributed by atoms with Gasteiger partial charge in [0.15, 0.2) is 35.1 Å². The molecule has 0 saturated carbocycles. The van der Waals surface area contributed by atoms with E-state index in [1.54, 1.807) is 24.4 Å². The number of carbonyl (C=O) groups is 1. The highest BCUT2D eigenvalue weighted by Gasteiger charge is 2.47. The Morgan fingerprint density at radius 1 is 1.16 bits per heavy atom. The van der Waals surface area contributed by atoms with Crippen molar-refractivity contribution in [2.24, 2.45) is 0 Å². The average molecular weight is 529 g/mol. The minimum Gasteiger partial charge on any atom is -0.387 e. The number of likely N-dealkylation sites (N-methyl/N-ethyl adjacent to an activating group) is 1. The summed E-state index contributed by atoms with van der Waals surface area (Å²) in [7, 11) is 1.38. The van der Waals surface area contributed by atoms with Crippen LogP contribution in [0.25, 0.3) is 22.6 Å². The van der Waals surface area contributed by atoms with E-state index in [9.17, 15) is 28.2 Å². The second-order valence-corrected chi connectivity index (χ2v) is 8.56. The number of pyridine rings is 1. The maximum absolute atomic E-state index is 13.2. The van der Waals surface area contributed by atoms with Crippen molar-refractivity contribution in [3.63, 3.8) is 0 Å². The molecular formula is C24H22F3N7O4. The van der Waals surface area contributed by atoms with Gasteiger partial charge in [-0.2, -0.15) is 13.2 Å². The first-order valence-electron chi connectivity index (χ1n) is 11.5. The standard InChI is InChI=1S/C24H22F3N7O4/c1-28-22(37)18-16(35)17(36)23(38-18)34-11-31-15-20(30-9-12-4-2-6-14(8-12)24(25,26)27)32-19(33-21(15)34)13-5-3-7-29-10-13/h2-8,10-11,16-18,23,35-36H,9H2,1H3,(H,28,37)(H,30,32,33)/t16-,17+,18-,23+/m0/s1. The Labute approximate surface area is 213 Å². The van der Waals surface area contributed by atoms with Crippen LogP contribution in [0.15, 0.2) is 55.1 Å². The molecule has 3 aromatic heterocycles. The predicted octanol–water partition coefficient (Wildman–Crippen LogP) is 1.88. The summed E-state index contributed by atoms with van der Waals surface area (Å²) in [5.41, 5.74) is 0.555. The van der Waals surface area contributed by atoms with Crippen LogP contribution in [-0.2, 0) is 22.3 Å². The van der Waals surface area contributed by atoms with Crippen molar-refractivity contribution in [2.75, 3.05) is 12.4 Å². The number of fused-ring (bicyclic) bond motifs is 1. The number of imidazole rings is 1. The Morgan fingerprint density at radius 2 is 1.97 bits per heavy atom. The average Bonchev–Trinajstić information content (AvgIpc) is 3.47. The van der Waals surface area contributed by atoms with Gasteiger partial charge in [-0.3, -0.25) is 14.3 Å². The summed E-state index contributed by atoms with van der Waals surface area (Å²) in [4.78, 5) is 29.6. The van der Waals surface area contributed by atoms with Crippen molar-refractivity contribution in [1.29, 1.82) is 0 Å². The molecular weight excluding hydrogens is 507 g/mol. The molecule has 5 rings (SSSR count). The van der Waals surface area contributed by atoms with Gasteiger partial charge >= 0.3 is 6.18 Å². The van der Waals surface area contributed by atoms with Crippen LogP contribution < -0.4 is 10.6 Å². The molecule has 4 aromatic rings. The summed E-state index contributed by atoms with van der Waals surface area (Å²) >= 11 is 0. The van der Waals surface area contributed by atoms with E-state index < -0.39 is 42.2 Å². The molecule has 1 aliphatic heterocycles. The van der Waals surface area contributed by atoms with Crippen molar-refractivity contribution < 1.29 is 32.9 Å². The van der Waals surface area contributed by atoms with Gasteiger partial charge < -0.3 is 25.6 Å². The second-order valence-electron chi connectivity index (χ2n) is 8.56. The lowest BCUT2D eigenvalue weighted by Gasteiger charge is -2.17. The Morgan fingerprint density at radius 3 is 2.68 bits per heavy atom.